The summed E-state index contributed by atoms with van der Waals surface area (Å²) in [6.07, 6.45) is 4.18. The van der Waals surface area contributed by atoms with Crippen LogP contribution in [0.3, 0.4) is 0 Å². The van der Waals surface area contributed by atoms with E-state index < -0.39 is 0 Å². The molecule has 96 valence electrons. The summed E-state index contributed by atoms with van der Waals surface area (Å²) in [5.74, 6) is 1.58. The zero-order valence-electron chi connectivity index (χ0n) is 10.9. The second kappa shape index (κ2) is 5.87. The Morgan fingerprint density at radius 2 is 1.78 bits per heavy atom. The lowest BCUT2D eigenvalue weighted by molar-refractivity contribution is 0.394. The average molecular weight is 263 g/mol. The average Bonchev–Trinajstić information content (AvgIpc) is 2.87. The van der Waals surface area contributed by atoms with Crippen LogP contribution in [0.15, 0.2) is 24.4 Å². The van der Waals surface area contributed by atoms with Crippen LogP contribution >= 0.6 is 11.3 Å². The predicted octanol–water partition coefficient (Wildman–Crippen LogP) is 3.78. The first kappa shape index (κ1) is 12.9. The molecule has 0 aliphatic carbocycles. The van der Waals surface area contributed by atoms with Gasteiger partial charge in [-0.3, -0.25) is 0 Å². The number of nitrogens with zero attached hydrogens (tertiary/aromatic N) is 1. The maximum Gasteiger partial charge on any atom is 0.123 e. The Morgan fingerprint density at radius 3 is 2.33 bits per heavy atom. The molecule has 2 aromatic rings. The molecule has 18 heavy (non-hydrogen) atoms. The number of aryl methyl sites for hydroxylation is 1. The summed E-state index contributed by atoms with van der Waals surface area (Å²) in [6.45, 7) is 2.17. The fourth-order valence-electron chi connectivity index (χ4n) is 1.73. The Bertz CT molecular complexity index is 500. The van der Waals surface area contributed by atoms with Crippen LogP contribution in [-0.4, -0.2) is 19.2 Å². The number of benzene rings is 1. The van der Waals surface area contributed by atoms with E-state index in [-0.39, 0.29) is 0 Å². The van der Waals surface area contributed by atoms with E-state index in [4.69, 9.17) is 9.47 Å². The summed E-state index contributed by atoms with van der Waals surface area (Å²) >= 11 is 1.73. The maximum absolute atomic E-state index is 5.27. The summed E-state index contributed by atoms with van der Waals surface area (Å²) in [7, 11) is 3.31. The summed E-state index contributed by atoms with van der Waals surface area (Å²) < 4.78 is 10.5. The lowest BCUT2D eigenvalue weighted by atomic mass is 10.2. The fourth-order valence-corrected chi connectivity index (χ4v) is 2.73. The molecule has 2 rings (SSSR count). The minimum atomic E-state index is 0.789. The third kappa shape index (κ3) is 2.82. The number of methoxy groups -OCH3 is 2. The van der Waals surface area contributed by atoms with Gasteiger partial charge in [-0.1, -0.05) is 13.3 Å². The lowest BCUT2D eigenvalue weighted by Crippen LogP contribution is -1.88. The Hall–Kier alpha value is -1.55. The van der Waals surface area contributed by atoms with Crippen molar-refractivity contribution in [1.82, 2.24) is 4.98 Å². The molecule has 0 spiro atoms. The lowest BCUT2D eigenvalue weighted by Gasteiger charge is -2.06. The Morgan fingerprint density at radius 1 is 1.11 bits per heavy atom. The van der Waals surface area contributed by atoms with Gasteiger partial charge in [0.05, 0.1) is 14.2 Å². The quantitative estimate of drug-likeness (QED) is 0.822. The van der Waals surface area contributed by atoms with Crippen LogP contribution in [0, 0.1) is 0 Å². The number of ether oxygens (including phenoxy) is 2. The standard InChI is InChI=1S/C14H17NO2S/c1-4-5-13-9-15-14(18-13)10-6-11(16-2)8-12(7-10)17-3/h6-9H,4-5H2,1-3H3. The molecule has 4 heteroatoms. The van der Waals surface area contributed by atoms with Crippen LogP contribution in [0.1, 0.15) is 18.2 Å². The number of rotatable bonds is 5. The SMILES string of the molecule is CCCc1cnc(-c2cc(OC)cc(OC)c2)s1. The van der Waals surface area contributed by atoms with E-state index in [0.29, 0.717) is 0 Å². The van der Waals surface area contributed by atoms with E-state index in [1.54, 1.807) is 25.6 Å². The van der Waals surface area contributed by atoms with Crippen molar-refractivity contribution in [2.75, 3.05) is 14.2 Å². The largest absolute Gasteiger partial charge is 0.497 e. The molecule has 0 aliphatic rings. The Kier molecular flexibility index (Phi) is 4.20. The van der Waals surface area contributed by atoms with Crippen molar-refractivity contribution in [3.63, 3.8) is 0 Å². The summed E-state index contributed by atoms with van der Waals surface area (Å²) in [6, 6.07) is 5.83. The molecule has 0 fully saturated rings. The summed E-state index contributed by atoms with van der Waals surface area (Å²) in [4.78, 5) is 5.78. The topological polar surface area (TPSA) is 31.4 Å². The minimum Gasteiger partial charge on any atom is -0.497 e. The normalized spacial score (nSPS) is 10.4. The molecular formula is C14H17NO2S. The van der Waals surface area contributed by atoms with Crippen molar-refractivity contribution in [3.8, 4) is 22.1 Å². The fraction of sp³-hybridized carbons (Fsp3) is 0.357. The van der Waals surface area contributed by atoms with Gasteiger partial charge in [0.25, 0.3) is 0 Å². The van der Waals surface area contributed by atoms with Crippen LogP contribution in [0.5, 0.6) is 11.5 Å². The smallest absolute Gasteiger partial charge is 0.123 e. The van der Waals surface area contributed by atoms with Gasteiger partial charge in [0.1, 0.15) is 16.5 Å². The van der Waals surface area contributed by atoms with Crippen LogP contribution in [0.2, 0.25) is 0 Å². The maximum atomic E-state index is 5.27. The summed E-state index contributed by atoms with van der Waals surface area (Å²) in [5, 5.41) is 1.01. The van der Waals surface area contributed by atoms with E-state index in [1.807, 2.05) is 24.4 Å². The van der Waals surface area contributed by atoms with Gasteiger partial charge >= 0.3 is 0 Å². The van der Waals surface area contributed by atoms with Crippen molar-refractivity contribution in [2.24, 2.45) is 0 Å². The van der Waals surface area contributed by atoms with Crippen molar-refractivity contribution < 1.29 is 9.47 Å². The first-order valence-corrected chi connectivity index (χ1v) is 6.76. The third-order valence-electron chi connectivity index (χ3n) is 2.65. The highest BCUT2D eigenvalue weighted by Crippen LogP contribution is 2.32. The van der Waals surface area contributed by atoms with Crippen LogP contribution in [0.25, 0.3) is 10.6 Å². The second-order valence-electron chi connectivity index (χ2n) is 3.98. The highest BCUT2D eigenvalue weighted by atomic mass is 32.1. The zero-order chi connectivity index (χ0) is 13.0. The van der Waals surface area contributed by atoms with Gasteiger partial charge in [-0.05, 0) is 18.6 Å². The highest BCUT2D eigenvalue weighted by molar-refractivity contribution is 7.15. The van der Waals surface area contributed by atoms with E-state index in [9.17, 15) is 0 Å². The van der Waals surface area contributed by atoms with Crippen molar-refractivity contribution in [1.29, 1.82) is 0 Å². The predicted molar refractivity (Wildman–Crippen MR) is 74.6 cm³/mol. The molecule has 0 bridgehead atoms. The molecule has 0 saturated heterocycles. The molecule has 1 aromatic carbocycles. The zero-order valence-corrected chi connectivity index (χ0v) is 11.7. The van der Waals surface area contributed by atoms with Crippen molar-refractivity contribution in [3.05, 3.63) is 29.3 Å². The number of hydrogen-bond donors (Lipinski definition) is 0. The van der Waals surface area contributed by atoms with E-state index >= 15 is 0 Å². The van der Waals surface area contributed by atoms with Gasteiger partial charge in [-0.25, -0.2) is 4.98 Å². The minimum absolute atomic E-state index is 0.789. The van der Waals surface area contributed by atoms with Gasteiger partial charge in [0.15, 0.2) is 0 Å². The third-order valence-corrected chi connectivity index (χ3v) is 3.75. The molecular weight excluding hydrogens is 246 g/mol. The van der Waals surface area contributed by atoms with Crippen LogP contribution in [-0.2, 0) is 6.42 Å². The first-order valence-electron chi connectivity index (χ1n) is 5.95. The second-order valence-corrected chi connectivity index (χ2v) is 5.10. The molecule has 0 atom stereocenters. The van der Waals surface area contributed by atoms with Gasteiger partial charge in [0, 0.05) is 22.7 Å². The number of aromatic nitrogens is 1. The molecule has 0 N–H and O–H groups in total. The number of thiazole rings is 1. The monoisotopic (exact) mass is 263 g/mol. The highest BCUT2D eigenvalue weighted by Gasteiger charge is 2.08. The summed E-state index contributed by atoms with van der Waals surface area (Å²) in [5.41, 5.74) is 1.04. The molecule has 0 radical (unpaired) electrons. The van der Waals surface area contributed by atoms with Crippen molar-refractivity contribution >= 4 is 11.3 Å². The Labute approximate surface area is 111 Å². The molecule has 0 amide bonds. The van der Waals surface area contributed by atoms with Gasteiger partial charge in [-0.2, -0.15) is 0 Å². The van der Waals surface area contributed by atoms with Gasteiger partial charge in [-0.15, -0.1) is 11.3 Å². The van der Waals surface area contributed by atoms with Crippen LogP contribution in [0.4, 0.5) is 0 Å². The van der Waals surface area contributed by atoms with Crippen LogP contribution < -0.4 is 9.47 Å². The van der Waals surface area contributed by atoms with Gasteiger partial charge < -0.3 is 9.47 Å². The first-order chi connectivity index (χ1) is 8.76. The Balaban J connectivity index is 2.35. The van der Waals surface area contributed by atoms with Crippen molar-refractivity contribution in [2.45, 2.75) is 19.8 Å². The number of hydrogen-bond acceptors (Lipinski definition) is 4. The van der Waals surface area contributed by atoms with Gasteiger partial charge in [0.2, 0.25) is 0 Å². The molecule has 1 aromatic heterocycles. The molecule has 3 nitrogen and oxygen atoms in total. The molecule has 0 aliphatic heterocycles. The van der Waals surface area contributed by atoms with E-state index in [0.717, 1.165) is 34.9 Å². The molecule has 1 heterocycles. The molecule has 0 saturated carbocycles. The molecule has 0 unspecified atom stereocenters. The van der Waals surface area contributed by atoms with E-state index in [1.165, 1.54) is 4.88 Å². The van der Waals surface area contributed by atoms with E-state index in [2.05, 4.69) is 11.9 Å².